The monoisotopic (exact) mass is 238 g/mol. The summed E-state index contributed by atoms with van der Waals surface area (Å²) >= 11 is 6.10. The maximum Gasteiger partial charge on any atom is 0.0609 e. The molecule has 0 aliphatic heterocycles. The summed E-state index contributed by atoms with van der Waals surface area (Å²) in [6, 6.07) is 7.81. The van der Waals surface area contributed by atoms with Crippen LogP contribution >= 0.6 is 11.6 Å². The molecule has 0 heterocycles. The number of hydrogen-bond donors (Lipinski definition) is 1. The standard InChI is InChI=1S/C14H19ClO/c15-13-9-5-4-8-12(13)10-14(16)11-6-2-1-3-7-11/h4-5,8-9,11,14,16H,1-3,6-7,10H2. The Balaban J connectivity index is 1.96. The molecule has 0 spiro atoms. The fraction of sp³-hybridized carbons (Fsp3) is 0.571. The highest BCUT2D eigenvalue weighted by atomic mass is 35.5. The average molecular weight is 239 g/mol. The van der Waals surface area contributed by atoms with Gasteiger partial charge in [0.1, 0.15) is 0 Å². The maximum absolute atomic E-state index is 10.2. The molecule has 1 N–H and O–H groups in total. The Morgan fingerprint density at radius 2 is 1.88 bits per heavy atom. The summed E-state index contributed by atoms with van der Waals surface area (Å²) in [6.07, 6.45) is 6.69. The molecule has 0 amide bonds. The second kappa shape index (κ2) is 5.70. The lowest BCUT2D eigenvalue weighted by Gasteiger charge is -2.26. The summed E-state index contributed by atoms with van der Waals surface area (Å²) in [5, 5.41) is 11.0. The van der Waals surface area contributed by atoms with Crippen LogP contribution in [-0.2, 0) is 6.42 Å². The first-order chi connectivity index (χ1) is 7.77. The van der Waals surface area contributed by atoms with Crippen LogP contribution in [0.15, 0.2) is 24.3 Å². The highest BCUT2D eigenvalue weighted by molar-refractivity contribution is 6.31. The number of halogens is 1. The van der Waals surface area contributed by atoms with Gasteiger partial charge in [-0.25, -0.2) is 0 Å². The molecule has 2 rings (SSSR count). The Kier molecular flexibility index (Phi) is 4.25. The molecule has 0 radical (unpaired) electrons. The van der Waals surface area contributed by atoms with E-state index in [4.69, 9.17) is 11.6 Å². The fourth-order valence-corrected chi connectivity index (χ4v) is 2.79. The average Bonchev–Trinajstić information content (AvgIpc) is 2.33. The van der Waals surface area contributed by atoms with Crippen molar-refractivity contribution < 1.29 is 5.11 Å². The Morgan fingerprint density at radius 3 is 2.56 bits per heavy atom. The van der Waals surface area contributed by atoms with E-state index in [-0.39, 0.29) is 6.10 Å². The maximum atomic E-state index is 10.2. The van der Waals surface area contributed by atoms with E-state index in [9.17, 15) is 5.11 Å². The smallest absolute Gasteiger partial charge is 0.0609 e. The SMILES string of the molecule is OC(Cc1ccccc1Cl)C1CCCCC1. The minimum atomic E-state index is -0.222. The lowest BCUT2D eigenvalue weighted by atomic mass is 9.83. The van der Waals surface area contributed by atoms with Crippen LogP contribution in [0.1, 0.15) is 37.7 Å². The van der Waals surface area contributed by atoms with E-state index in [0.29, 0.717) is 12.3 Å². The van der Waals surface area contributed by atoms with E-state index < -0.39 is 0 Å². The molecule has 1 nitrogen and oxygen atoms in total. The van der Waals surface area contributed by atoms with Crippen molar-refractivity contribution in [1.29, 1.82) is 0 Å². The van der Waals surface area contributed by atoms with Gasteiger partial charge in [-0.15, -0.1) is 0 Å². The Morgan fingerprint density at radius 1 is 1.19 bits per heavy atom. The molecule has 1 unspecified atom stereocenters. The summed E-state index contributed by atoms with van der Waals surface area (Å²) in [7, 11) is 0. The zero-order valence-electron chi connectivity index (χ0n) is 9.53. The molecular weight excluding hydrogens is 220 g/mol. The molecule has 1 aliphatic rings. The van der Waals surface area contributed by atoms with Crippen molar-refractivity contribution in [1.82, 2.24) is 0 Å². The van der Waals surface area contributed by atoms with Crippen molar-refractivity contribution >= 4 is 11.6 Å². The van der Waals surface area contributed by atoms with Gasteiger partial charge < -0.3 is 5.11 Å². The van der Waals surface area contributed by atoms with Gasteiger partial charge in [-0.3, -0.25) is 0 Å². The van der Waals surface area contributed by atoms with Gasteiger partial charge >= 0.3 is 0 Å². The number of rotatable bonds is 3. The van der Waals surface area contributed by atoms with Gasteiger partial charge in [0, 0.05) is 11.4 Å². The zero-order valence-corrected chi connectivity index (χ0v) is 10.3. The summed E-state index contributed by atoms with van der Waals surface area (Å²) in [6.45, 7) is 0. The summed E-state index contributed by atoms with van der Waals surface area (Å²) in [5.74, 6) is 0.477. The van der Waals surface area contributed by atoms with Gasteiger partial charge in [-0.1, -0.05) is 49.1 Å². The molecule has 0 aromatic heterocycles. The third-order valence-corrected chi connectivity index (χ3v) is 3.95. The Bertz CT molecular complexity index is 331. The van der Waals surface area contributed by atoms with E-state index in [1.54, 1.807) is 0 Å². The van der Waals surface area contributed by atoms with E-state index in [0.717, 1.165) is 10.6 Å². The molecule has 1 fully saturated rings. The topological polar surface area (TPSA) is 20.2 Å². The largest absolute Gasteiger partial charge is 0.392 e. The predicted octanol–water partition coefficient (Wildman–Crippen LogP) is 3.82. The molecule has 0 saturated heterocycles. The van der Waals surface area contributed by atoms with Crippen LogP contribution in [0.3, 0.4) is 0 Å². The minimum Gasteiger partial charge on any atom is -0.392 e. The number of hydrogen-bond acceptors (Lipinski definition) is 1. The quantitative estimate of drug-likeness (QED) is 0.849. The minimum absolute atomic E-state index is 0.222. The normalized spacial score (nSPS) is 19.6. The third-order valence-electron chi connectivity index (χ3n) is 3.58. The van der Waals surface area contributed by atoms with Gasteiger partial charge in [0.2, 0.25) is 0 Å². The molecule has 88 valence electrons. The van der Waals surface area contributed by atoms with E-state index in [1.807, 2.05) is 24.3 Å². The highest BCUT2D eigenvalue weighted by Crippen LogP contribution is 2.29. The van der Waals surface area contributed by atoms with Gasteiger partial charge in [0.15, 0.2) is 0 Å². The Labute approximate surface area is 102 Å². The van der Waals surface area contributed by atoms with Crippen LogP contribution in [-0.4, -0.2) is 11.2 Å². The molecule has 1 atom stereocenters. The zero-order chi connectivity index (χ0) is 11.4. The summed E-state index contributed by atoms with van der Waals surface area (Å²) in [5.41, 5.74) is 1.07. The van der Waals surface area contributed by atoms with Crippen LogP contribution in [0, 0.1) is 5.92 Å². The molecule has 1 saturated carbocycles. The van der Waals surface area contributed by atoms with Crippen molar-refractivity contribution in [3.8, 4) is 0 Å². The van der Waals surface area contributed by atoms with Crippen molar-refractivity contribution in [3.05, 3.63) is 34.9 Å². The second-order valence-corrected chi connectivity index (χ2v) is 5.17. The predicted molar refractivity (Wildman–Crippen MR) is 67.7 cm³/mol. The van der Waals surface area contributed by atoms with Crippen LogP contribution in [0.25, 0.3) is 0 Å². The summed E-state index contributed by atoms with van der Waals surface area (Å²) < 4.78 is 0. The van der Waals surface area contributed by atoms with E-state index >= 15 is 0 Å². The van der Waals surface area contributed by atoms with E-state index in [1.165, 1.54) is 32.1 Å². The van der Waals surface area contributed by atoms with Crippen molar-refractivity contribution in [2.24, 2.45) is 5.92 Å². The first-order valence-electron chi connectivity index (χ1n) is 6.19. The van der Waals surface area contributed by atoms with Crippen LogP contribution in [0.5, 0.6) is 0 Å². The second-order valence-electron chi connectivity index (χ2n) is 4.76. The van der Waals surface area contributed by atoms with Gasteiger partial charge in [-0.05, 0) is 30.4 Å². The van der Waals surface area contributed by atoms with Gasteiger partial charge in [0.25, 0.3) is 0 Å². The van der Waals surface area contributed by atoms with Crippen molar-refractivity contribution in [3.63, 3.8) is 0 Å². The number of aliphatic hydroxyl groups is 1. The molecule has 16 heavy (non-hydrogen) atoms. The first kappa shape index (κ1) is 11.9. The van der Waals surface area contributed by atoms with Crippen LogP contribution in [0.4, 0.5) is 0 Å². The molecule has 0 bridgehead atoms. The Hall–Kier alpha value is -0.530. The van der Waals surface area contributed by atoms with Crippen LogP contribution < -0.4 is 0 Å². The molecule has 1 aliphatic carbocycles. The first-order valence-corrected chi connectivity index (χ1v) is 6.56. The number of benzene rings is 1. The molecule has 1 aromatic rings. The molecule has 2 heteroatoms. The number of aliphatic hydroxyl groups excluding tert-OH is 1. The summed E-state index contributed by atoms with van der Waals surface area (Å²) in [4.78, 5) is 0. The lowest BCUT2D eigenvalue weighted by molar-refractivity contribution is 0.0851. The lowest BCUT2D eigenvalue weighted by Crippen LogP contribution is -2.25. The van der Waals surface area contributed by atoms with Gasteiger partial charge in [-0.2, -0.15) is 0 Å². The van der Waals surface area contributed by atoms with Crippen LogP contribution in [0.2, 0.25) is 5.02 Å². The molecular formula is C14H19ClO. The molecule has 1 aromatic carbocycles. The van der Waals surface area contributed by atoms with Crippen molar-refractivity contribution in [2.75, 3.05) is 0 Å². The van der Waals surface area contributed by atoms with Crippen molar-refractivity contribution in [2.45, 2.75) is 44.6 Å². The van der Waals surface area contributed by atoms with Gasteiger partial charge in [0.05, 0.1) is 6.10 Å². The van der Waals surface area contributed by atoms with E-state index in [2.05, 4.69) is 0 Å². The third kappa shape index (κ3) is 2.99. The highest BCUT2D eigenvalue weighted by Gasteiger charge is 2.22. The fourth-order valence-electron chi connectivity index (χ4n) is 2.57.